The molecule has 1 aromatic heterocycles. The smallest absolute Gasteiger partial charge is 0.328 e. The minimum Gasteiger partial charge on any atom is -0.464 e. The molecule has 124 valence electrons. The van der Waals surface area contributed by atoms with Crippen LogP contribution >= 0.6 is 0 Å². The minimum absolute atomic E-state index is 0.266. The molecule has 0 saturated heterocycles. The van der Waals surface area contributed by atoms with Gasteiger partial charge in [0.25, 0.3) is 0 Å². The third-order valence-electron chi connectivity index (χ3n) is 3.83. The highest BCUT2D eigenvalue weighted by Gasteiger charge is 2.21. The van der Waals surface area contributed by atoms with Crippen molar-refractivity contribution >= 4 is 33.8 Å². The molecular formula is C19H19NO4. The van der Waals surface area contributed by atoms with E-state index in [0.29, 0.717) is 6.42 Å². The molecule has 5 nitrogen and oxygen atoms in total. The summed E-state index contributed by atoms with van der Waals surface area (Å²) in [4.78, 5) is 23.4. The fourth-order valence-corrected chi connectivity index (χ4v) is 2.81. The Hall–Kier alpha value is -2.82. The van der Waals surface area contributed by atoms with Crippen LogP contribution < -0.4 is 5.32 Å². The lowest BCUT2D eigenvalue weighted by Gasteiger charge is -2.16. The number of esters is 1. The van der Waals surface area contributed by atoms with Gasteiger partial charge in [0.15, 0.2) is 0 Å². The van der Waals surface area contributed by atoms with Crippen molar-refractivity contribution < 1.29 is 18.7 Å². The first-order chi connectivity index (χ1) is 11.6. The summed E-state index contributed by atoms with van der Waals surface area (Å²) in [6.07, 6.45) is 0.353. The zero-order valence-electron chi connectivity index (χ0n) is 13.7. The van der Waals surface area contributed by atoms with E-state index < -0.39 is 12.0 Å². The molecule has 1 amide bonds. The van der Waals surface area contributed by atoms with E-state index in [1.165, 1.54) is 6.92 Å². The van der Waals surface area contributed by atoms with Crippen LogP contribution in [0.25, 0.3) is 21.9 Å². The molecule has 0 bridgehead atoms. The van der Waals surface area contributed by atoms with Crippen LogP contribution in [0, 0.1) is 0 Å². The summed E-state index contributed by atoms with van der Waals surface area (Å²) in [7, 11) is 0. The molecule has 24 heavy (non-hydrogen) atoms. The second kappa shape index (κ2) is 6.74. The monoisotopic (exact) mass is 325 g/mol. The van der Waals surface area contributed by atoms with Crippen LogP contribution in [0.1, 0.15) is 19.4 Å². The molecule has 1 heterocycles. The van der Waals surface area contributed by atoms with E-state index in [2.05, 4.69) is 5.32 Å². The van der Waals surface area contributed by atoms with Crippen LogP contribution in [-0.4, -0.2) is 24.5 Å². The lowest BCUT2D eigenvalue weighted by atomic mass is 10.0. The maximum absolute atomic E-state index is 12.0. The minimum atomic E-state index is -0.704. The fraction of sp³-hybridized carbons (Fsp3) is 0.263. The number of ether oxygens (including phenoxy) is 1. The number of carbonyl (C=O) groups excluding carboxylic acids is 2. The predicted molar refractivity (Wildman–Crippen MR) is 91.7 cm³/mol. The molecule has 3 rings (SSSR count). The Morgan fingerprint density at radius 1 is 1.12 bits per heavy atom. The maximum atomic E-state index is 12.0. The predicted octanol–water partition coefficient (Wildman–Crippen LogP) is 3.20. The van der Waals surface area contributed by atoms with E-state index in [-0.39, 0.29) is 12.5 Å². The van der Waals surface area contributed by atoms with Gasteiger partial charge in [-0.05, 0) is 24.6 Å². The highest BCUT2D eigenvalue weighted by molar-refractivity contribution is 6.04. The van der Waals surface area contributed by atoms with E-state index in [0.717, 1.165) is 27.5 Å². The third kappa shape index (κ3) is 3.25. The van der Waals surface area contributed by atoms with Gasteiger partial charge in [-0.15, -0.1) is 0 Å². The molecule has 5 heteroatoms. The molecular weight excluding hydrogens is 306 g/mol. The van der Waals surface area contributed by atoms with Gasteiger partial charge in [0.05, 0.1) is 6.61 Å². The summed E-state index contributed by atoms with van der Waals surface area (Å²) in [5.74, 6) is -0.699. The number of carbonyl (C=O) groups is 2. The first-order valence-electron chi connectivity index (χ1n) is 7.92. The van der Waals surface area contributed by atoms with E-state index >= 15 is 0 Å². The second-order valence-electron chi connectivity index (χ2n) is 5.64. The van der Waals surface area contributed by atoms with Gasteiger partial charge in [-0.1, -0.05) is 30.3 Å². The number of hydrogen-bond donors (Lipinski definition) is 1. The van der Waals surface area contributed by atoms with Crippen molar-refractivity contribution in [1.29, 1.82) is 0 Å². The maximum Gasteiger partial charge on any atom is 0.328 e. The van der Waals surface area contributed by atoms with Crippen molar-refractivity contribution in [2.75, 3.05) is 6.61 Å². The van der Waals surface area contributed by atoms with Gasteiger partial charge in [-0.3, -0.25) is 4.79 Å². The first-order valence-corrected chi connectivity index (χ1v) is 7.92. The van der Waals surface area contributed by atoms with Gasteiger partial charge < -0.3 is 14.5 Å². The first kappa shape index (κ1) is 16.1. The van der Waals surface area contributed by atoms with Crippen molar-refractivity contribution in [3.05, 3.63) is 48.0 Å². The fourth-order valence-electron chi connectivity index (χ4n) is 2.81. The molecule has 0 unspecified atom stereocenters. The normalized spacial score (nSPS) is 12.2. The summed E-state index contributed by atoms with van der Waals surface area (Å²) in [5.41, 5.74) is 2.49. The molecule has 1 N–H and O–H groups in total. The number of hydrogen-bond acceptors (Lipinski definition) is 4. The molecule has 0 radical (unpaired) electrons. The van der Waals surface area contributed by atoms with E-state index in [1.54, 1.807) is 6.92 Å². The number of benzene rings is 2. The summed E-state index contributed by atoms with van der Waals surface area (Å²) in [5, 5.41) is 4.73. The summed E-state index contributed by atoms with van der Waals surface area (Å²) in [6, 6.07) is 13.0. The van der Waals surface area contributed by atoms with Crippen LogP contribution in [0.15, 0.2) is 46.9 Å². The quantitative estimate of drug-likeness (QED) is 0.732. The van der Waals surface area contributed by atoms with Gasteiger partial charge in [-0.25, -0.2) is 4.79 Å². The molecule has 2 aromatic carbocycles. The van der Waals surface area contributed by atoms with Crippen LogP contribution in [0.4, 0.5) is 0 Å². The average molecular weight is 325 g/mol. The van der Waals surface area contributed by atoms with Crippen molar-refractivity contribution in [2.24, 2.45) is 0 Å². The average Bonchev–Trinajstić information content (AvgIpc) is 2.91. The van der Waals surface area contributed by atoms with E-state index in [4.69, 9.17) is 9.15 Å². The SMILES string of the molecule is CCOC(=O)[C@@H](Cc1ccc2c(c1)oc1ccccc12)NC(C)=O. The van der Waals surface area contributed by atoms with Crippen LogP contribution in [0.3, 0.4) is 0 Å². The third-order valence-corrected chi connectivity index (χ3v) is 3.83. The van der Waals surface area contributed by atoms with Crippen molar-refractivity contribution in [1.82, 2.24) is 5.32 Å². The van der Waals surface area contributed by atoms with Gasteiger partial charge >= 0.3 is 5.97 Å². The van der Waals surface area contributed by atoms with Crippen LogP contribution in [0.2, 0.25) is 0 Å². The largest absolute Gasteiger partial charge is 0.464 e. The molecule has 0 aliphatic heterocycles. The lowest BCUT2D eigenvalue weighted by molar-refractivity contribution is -0.147. The molecule has 0 aliphatic rings. The molecule has 1 atom stereocenters. The second-order valence-corrected chi connectivity index (χ2v) is 5.64. The Bertz CT molecular complexity index is 897. The molecule has 0 fully saturated rings. The standard InChI is InChI=1S/C19H19NO4/c1-3-23-19(22)16(20-12(2)21)10-13-8-9-15-14-6-4-5-7-17(14)24-18(15)11-13/h4-9,11,16H,3,10H2,1-2H3,(H,20,21)/t16-/m1/s1. The number of furan rings is 1. The number of para-hydroxylation sites is 1. The number of fused-ring (bicyclic) bond motifs is 3. The zero-order chi connectivity index (χ0) is 17.1. The molecule has 0 spiro atoms. The van der Waals surface area contributed by atoms with E-state index in [1.807, 2.05) is 42.5 Å². The summed E-state index contributed by atoms with van der Waals surface area (Å²) >= 11 is 0. The lowest BCUT2D eigenvalue weighted by Crippen LogP contribution is -2.42. The van der Waals surface area contributed by atoms with Crippen molar-refractivity contribution in [3.8, 4) is 0 Å². The van der Waals surface area contributed by atoms with E-state index in [9.17, 15) is 9.59 Å². The topological polar surface area (TPSA) is 68.5 Å². The molecule has 3 aromatic rings. The number of nitrogens with one attached hydrogen (secondary N) is 1. The van der Waals surface area contributed by atoms with Crippen molar-refractivity contribution in [3.63, 3.8) is 0 Å². The molecule has 0 saturated carbocycles. The highest BCUT2D eigenvalue weighted by atomic mass is 16.5. The van der Waals surface area contributed by atoms with Crippen LogP contribution in [0.5, 0.6) is 0 Å². The Kier molecular flexibility index (Phi) is 4.51. The van der Waals surface area contributed by atoms with Gasteiger partial charge in [0.1, 0.15) is 17.2 Å². The van der Waals surface area contributed by atoms with Crippen LogP contribution in [-0.2, 0) is 20.7 Å². The molecule has 0 aliphatic carbocycles. The Labute approximate surface area is 139 Å². The Balaban J connectivity index is 1.91. The number of amides is 1. The van der Waals surface area contributed by atoms with Gasteiger partial charge in [-0.2, -0.15) is 0 Å². The summed E-state index contributed by atoms with van der Waals surface area (Å²) < 4.78 is 10.9. The highest BCUT2D eigenvalue weighted by Crippen LogP contribution is 2.29. The zero-order valence-corrected chi connectivity index (χ0v) is 13.7. The van der Waals surface area contributed by atoms with Gasteiger partial charge in [0, 0.05) is 24.1 Å². The Morgan fingerprint density at radius 2 is 1.88 bits per heavy atom. The Morgan fingerprint density at radius 3 is 2.62 bits per heavy atom. The van der Waals surface area contributed by atoms with Crippen molar-refractivity contribution in [2.45, 2.75) is 26.3 Å². The summed E-state index contributed by atoms with van der Waals surface area (Å²) in [6.45, 7) is 3.40. The number of rotatable bonds is 5. The van der Waals surface area contributed by atoms with Gasteiger partial charge in [0.2, 0.25) is 5.91 Å².